The number of allylic oxidation sites excluding steroid dienone is 1. The van der Waals surface area contributed by atoms with Crippen molar-refractivity contribution in [1.29, 1.82) is 0 Å². The first-order chi connectivity index (χ1) is 19.6. The number of aliphatic hydroxyl groups is 3. The average molecular weight is 585 g/mol. The molecule has 0 bridgehead atoms. The number of carbonyl (C=O) groups excluding carboxylic acids is 3. The summed E-state index contributed by atoms with van der Waals surface area (Å²) in [5, 5.41) is 36.1. The molecule has 10 nitrogen and oxygen atoms in total. The van der Waals surface area contributed by atoms with Gasteiger partial charge in [-0.1, -0.05) is 97.1 Å². The van der Waals surface area contributed by atoms with E-state index < -0.39 is 48.2 Å². The highest BCUT2D eigenvalue weighted by molar-refractivity contribution is 5.90. The van der Waals surface area contributed by atoms with Gasteiger partial charge in [0, 0.05) is 13.7 Å². The fourth-order valence-corrected chi connectivity index (χ4v) is 4.83. The summed E-state index contributed by atoms with van der Waals surface area (Å²) >= 11 is 0. The second kappa shape index (κ2) is 21.7. The van der Waals surface area contributed by atoms with Crippen molar-refractivity contribution in [3.63, 3.8) is 0 Å². The van der Waals surface area contributed by atoms with E-state index in [1.54, 1.807) is 6.08 Å². The number of carbonyl (C=O) groups is 3. The van der Waals surface area contributed by atoms with Gasteiger partial charge in [-0.2, -0.15) is 0 Å². The van der Waals surface area contributed by atoms with Crippen molar-refractivity contribution in [1.82, 2.24) is 10.6 Å². The van der Waals surface area contributed by atoms with Crippen molar-refractivity contribution in [2.24, 2.45) is 11.8 Å². The van der Waals surface area contributed by atoms with Crippen LogP contribution >= 0.6 is 0 Å². The Morgan fingerprint density at radius 2 is 1.51 bits per heavy atom. The molecule has 1 saturated heterocycles. The van der Waals surface area contributed by atoms with Gasteiger partial charge in [-0.15, -0.1) is 0 Å². The molecule has 1 aliphatic heterocycles. The first-order valence-corrected chi connectivity index (χ1v) is 15.6. The zero-order valence-corrected chi connectivity index (χ0v) is 25.7. The first kappa shape index (κ1) is 37.0. The van der Waals surface area contributed by atoms with Crippen LogP contribution in [0.1, 0.15) is 104 Å². The van der Waals surface area contributed by atoms with E-state index >= 15 is 0 Å². The smallest absolute Gasteiger partial charge is 0.310 e. The van der Waals surface area contributed by atoms with Gasteiger partial charge in [0.1, 0.15) is 24.4 Å². The van der Waals surface area contributed by atoms with Crippen LogP contribution in [0.15, 0.2) is 12.2 Å². The molecular weight excluding hydrogens is 528 g/mol. The zero-order chi connectivity index (χ0) is 30.6. The fourth-order valence-electron chi connectivity index (χ4n) is 4.83. The molecule has 1 heterocycles. The van der Waals surface area contributed by atoms with Gasteiger partial charge in [0.05, 0.1) is 12.5 Å². The van der Waals surface area contributed by atoms with Gasteiger partial charge in [0.15, 0.2) is 6.10 Å². The third kappa shape index (κ3) is 15.2. The first-order valence-electron chi connectivity index (χ1n) is 15.6. The van der Waals surface area contributed by atoms with Crippen LogP contribution < -0.4 is 10.6 Å². The van der Waals surface area contributed by atoms with Crippen molar-refractivity contribution in [3.8, 4) is 0 Å². The van der Waals surface area contributed by atoms with Gasteiger partial charge in [-0.3, -0.25) is 14.4 Å². The number of hydrogen-bond acceptors (Lipinski definition) is 8. The molecule has 0 aliphatic carbocycles. The normalized spacial score (nSPS) is 20.7. The summed E-state index contributed by atoms with van der Waals surface area (Å²) in [5.41, 5.74) is 0. The van der Waals surface area contributed by atoms with Crippen LogP contribution in [0.25, 0.3) is 0 Å². The molecule has 6 atom stereocenters. The molecule has 10 heteroatoms. The molecule has 0 spiro atoms. The molecule has 238 valence electrons. The minimum absolute atomic E-state index is 0.117. The van der Waals surface area contributed by atoms with E-state index in [4.69, 9.17) is 9.47 Å². The van der Waals surface area contributed by atoms with Gasteiger partial charge in [-0.25, -0.2) is 0 Å². The van der Waals surface area contributed by atoms with Gasteiger partial charge in [0.2, 0.25) is 5.91 Å². The van der Waals surface area contributed by atoms with Crippen LogP contribution in [0.3, 0.4) is 0 Å². The number of hydrogen-bond donors (Lipinski definition) is 5. The Balaban J connectivity index is 2.39. The Bertz CT molecular complexity index is 775. The van der Waals surface area contributed by atoms with Crippen LogP contribution in [0.2, 0.25) is 0 Å². The number of amides is 2. The maximum absolute atomic E-state index is 12.8. The summed E-state index contributed by atoms with van der Waals surface area (Å²) < 4.78 is 10.5. The predicted octanol–water partition coefficient (Wildman–Crippen LogP) is 3.16. The highest BCUT2D eigenvalue weighted by atomic mass is 16.5. The van der Waals surface area contributed by atoms with Crippen LogP contribution in [0.5, 0.6) is 0 Å². The monoisotopic (exact) mass is 584 g/mol. The summed E-state index contributed by atoms with van der Waals surface area (Å²) in [6.45, 7) is 6.48. The Kier molecular flexibility index (Phi) is 19.6. The third-order valence-electron chi connectivity index (χ3n) is 7.50. The number of methoxy groups -OCH3 is 1. The molecule has 0 saturated carbocycles. The molecule has 1 fully saturated rings. The average Bonchev–Trinajstić information content (AvgIpc) is 3.13. The molecule has 2 amide bonds. The van der Waals surface area contributed by atoms with Crippen LogP contribution in [-0.4, -0.2) is 83.8 Å². The molecule has 1 rings (SSSR count). The van der Waals surface area contributed by atoms with Gasteiger partial charge in [0.25, 0.3) is 5.91 Å². The third-order valence-corrected chi connectivity index (χ3v) is 7.50. The summed E-state index contributed by atoms with van der Waals surface area (Å²) in [4.78, 5) is 38.0. The second-order valence-electron chi connectivity index (χ2n) is 11.5. The lowest BCUT2D eigenvalue weighted by atomic mass is 9.99. The van der Waals surface area contributed by atoms with Crippen molar-refractivity contribution in [2.75, 3.05) is 20.3 Å². The Hall–Kier alpha value is -2.01. The van der Waals surface area contributed by atoms with Gasteiger partial charge >= 0.3 is 5.97 Å². The van der Waals surface area contributed by atoms with E-state index in [0.29, 0.717) is 13.0 Å². The highest BCUT2D eigenvalue weighted by Gasteiger charge is 2.38. The fraction of sp³-hybridized carbons (Fsp3) is 0.839. The Morgan fingerprint density at radius 1 is 0.927 bits per heavy atom. The highest BCUT2D eigenvalue weighted by Crippen LogP contribution is 2.17. The SMILES string of the molecule is CCCCCCCCCCCCCOC(=O)[C@H]1CCC(NC(=O)[C@H](OC)[C@H](O)[C@@H](O)[C@H](O)/C=C/C(C)C)C(=O)NC1. The zero-order valence-electron chi connectivity index (χ0n) is 25.7. The van der Waals surface area contributed by atoms with E-state index in [9.17, 15) is 29.7 Å². The molecular formula is C31H56N2O8. The van der Waals surface area contributed by atoms with Crippen LogP contribution in [0, 0.1) is 11.8 Å². The molecule has 41 heavy (non-hydrogen) atoms. The van der Waals surface area contributed by atoms with E-state index in [-0.39, 0.29) is 24.9 Å². The van der Waals surface area contributed by atoms with E-state index in [2.05, 4.69) is 17.6 Å². The summed E-state index contributed by atoms with van der Waals surface area (Å²) in [6.07, 6.45) is 10.5. The molecule has 0 aromatic rings. The minimum atomic E-state index is -1.74. The lowest BCUT2D eigenvalue weighted by Gasteiger charge is -2.28. The maximum Gasteiger partial charge on any atom is 0.310 e. The Labute approximate surface area is 246 Å². The predicted molar refractivity (Wildman–Crippen MR) is 158 cm³/mol. The number of rotatable bonds is 21. The molecule has 1 unspecified atom stereocenters. The van der Waals surface area contributed by atoms with Crippen molar-refractivity contribution in [3.05, 3.63) is 12.2 Å². The molecule has 0 aromatic heterocycles. The number of esters is 1. The maximum atomic E-state index is 12.8. The number of aliphatic hydroxyl groups excluding tert-OH is 3. The summed E-state index contributed by atoms with van der Waals surface area (Å²) in [6, 6.07) is -0.945. The van der Waals surface area contributed by atoms with E-state index in [1.807, 2.05) is 13.8 Å². The Morgan fingerprint density at radius 3 is 2.07 bits per heavy atom. The van der Waals surface area contributed by atoms with Gasteiger partial charge < -0.3 is 35.4 Å². The number of unbranched alkanes of at least 4 members (excludes halogenated alkanes) is 10. The standard InChI is InChI=1S/C31H56N2O8/c1-5-6-7-8-9-10-11-12-13-14-15-20-41-31(39)23-17-18-24(29(37)32-21-23)33-30(38)28(40-4)27(36)26(35)25(34)19-16-22(2)3/h16,19,22-28,34-36H,5-15,17-18,20-21H2,1-4H3,(H,32,37)(H,33,38)/b19-16+/t23-,24?,25+,26-,27+,28+/m0/s1. The van der Waals surface area contributed by atoms with Crippen molar-refractivity contribution >= 4 is 17.8 Å². The summed E-state index contributed by atoms with van der Waals surface area (Å²) in [5.74, 6) is -2.02. The van der Waals surface area contributed by atoms with Crippen molar-refractivity contribution in [2.45, 2.75) is 135 Å². The largest absolute Gasteiger partial charge is 0.465 e. The second-order valence-corrected chi connectivity index (χ2v) is 11.5. The van der Waals surface area contributed by atoms with Crippen LogP contribution in [0.4, 0.5) is 0 Å². The lowest BCUT2D eigenvalue weighted by Crippen LogP contribution is -2.55. The molecule has 0 radical (unpaired) electrons. The number of nitrogens with one attached hydrogen (secondary N) is 2. The minimum Gasteiger partial charge on any atom is -0.465 e. The van der Waals surface area contributed by atoms with Crippen LogP contribution in [-0.2, 0) is 23.9 Å². The molecule has 5 N–H and O–H groups in total. The van der Waals surface area contributed by atoms with E-state index in [1.165, 1.54) is 64.6 Å². The van der Waals surface area contributed by atoms with E-state index in [0.717, 1.165) is 19.3 Å². The quantitative estimate of drug-likeness (QED) is 0.0783. The topological polar surface area (TPSA) is 154 Å². The van der Waals surface area contributed by atoms with Gasteiger partial charge in [-0.05, 0) is 25.2 Å². The van der Waals surface area contributed by atoms with Crippen molar-refractivity contribution < 1.29 is 39.2 Å². The molecule has 1 aliphatic rings. The summed E-state index contributed by atoms with van der Waals surface area (Å²) in [7, 11) is 1.19. The molecule has 0 aromatic carbocycles. The lowest BCUT2D eigenvalue weighted by molar-refractivity contribution is -0.150. The number of ether oxygens (including phenoxy) is 2.